The molecular weight excluding hydrogens is 240 g/mol. The van der Waals surface area contributed by atoms with Gasteiger partial charge in [-0.25, -0.2) is 9.97 Å². The molecule has 0 aliphatic rings. The molecule has 5 nitrogen and oxygen atoms in total. The number of nitrogens with zero attached hydrogens (tertiary/aromatic N) is 2. The fourth-order valence-corrected chi connectivity index (χ4v) is 1.59. The molecule has 1 aromatic heterocycles. The van der Waals surface area contributed by atoms with Crippen LogP contribution in [0.3, 0.4) is 0 Å². The van der Waals surface area contributed by atoms with E-state index < -0.39 is 0 Å². The SMILES string of the molecule is COc1ccc(Nc2cc(N)ncn2)cc1Cl. The van der Waals surface area contributed by atoms with Crippen molar-refractivity contribution >= 4 is 28.9 Å². The summed E-state index contributed by atoms with van der Waals surface area (Å²) in [5, 5.41) is 3.59. The highest BCUT2D eigenvalue weighted by molar-refractivity contribution is 6.32. The van der Waals surface area contributed by atoms with Gasteiger partial charge in [-0.05, 0) is 18.2 Å². The molecule has 2 aromatic rings. The van der Waals surface area contributed by atoms with E-state index in [1.54, 1.807) is 25.3 Å². The van der Waals surface area contributed by atoms with E-state index in [2.05, 4.69) is 15.3 Å². The predicted molar refractivity (Wildman–Crippen MR) is 67.7 cm³/mol. The Kier molecular flexibility index (Phi) is 3.30. The second-order valence-corrected chi connectivity index (χ2v) is 3.71. The first-order valence-electron chi connectivity index (χ1n) is 4.87. The lowest BCUT2D eigenvalue weighted by Crippen LogP contribution is -1.97. The summed E-state index contributed by atoms with van der Waals surface area (Å²) in [4.78, 5) is 7.84. The first kappa shape index (κ1) is 11.5. The van der Waals surface area contributed by atoms with Gasteiger partial charge in [-0.15, -0.1) is 0 Å². The van der Waals surface area contributed by atoms with Gasteiger partial charge in [0.05, 0.1) is 12.1 Å². The van der Waals surface area contributed by atoms with Gasteiger partial charge in [-0.1, -0.05) is 11.6 Å². The summed E-state index contributed by atoms with van der Waals surface area (Å²) < 4.78 is 5.06. The van der Waals surface area contributed by atoms with E-state index >= 15 is 0 Å². The third-order valence-electron chi connectivity index (χ3n) is 2.11. The maximum absolute atomic E-state index is 6.00. The Labute approximate surface area is 104 Å². The fourth-order valence-electron chi connectivity index (χ4n) is 1.33. The number of hydrogen-bond acceptors (Lipinski definition) is 5. The van der Waals surface area contributed by atoms with E-state index in [-0.39, 0.29) is 0 Å². The highest BCUT2D eigenvalue weighted by Crippen LogP contribution is 2.28. The van der Waals surface area contributed by atoms with Gasteiger partial charge < -0.3 is 15.8 Å². The van der Waals surface area contributed by atoms with Crippen molar-refractivity contribution in [2.45, 2.75) is 0 Å². The molecule has 17 heavy (non-hydrogen) atoms. The standard InChI is InChI=1S/C11H11ClN4O/c1-17-9-3-2-7(4-8(9)12)16-11-5-10(13)14-6-15-11/h2-6H,1H3,(H3,13,14,15,16). The fraction of sp³-hybridized carbons (Fsp3) is 0.0909. The molecule has 0 bridgehead atoms. The Morgan fingerprint density at radius 1 is 1.29 bits per heavy atom. The average Bonchev–Trinajstić information content (AvgIpc) is 2.29. The molecular formula is C11H11ClN4O. The van der Waals surface area contributed by atoms with Crippen LogP contribution in [0.4, 0.5) is 17.3 Å². The molecule has 0 spiro atoms. The Hall–Kier alpha value is -2.01. The topological polar surface area (TPSA) is 73.1 Å². The molecule has 0 amide bonds. The normalized spacial score (nSPS) is 10.0. The quantitative estimate of drug-likeness (QED) is 0.875. The molecule has 0 fully saturated rings. The molecule has 0 unspecified atom stereocenters. The number of ether oxygens (including phenoxy) is 1. The van der Waals surface area contributed by atoms with Crippen LogP contribution in [0.25, 0.3) is 0 Å². The van der Waals surface area contributed by atoms with Gasteiger partial charge in [0.15, 0.2) is 0 Å². The molecule has 1 heterocycles. The maximum atomic E-state index is 6.00. The highest BCUT2D eigenvalue weighted by Gasteiger charge is 2.02. The number of hydrogen-bond donors (Lipinski definition) is 2. The van der Waals surface area contributed by atoms with Crippen LogP contribution in [0, 0.1) is 0 Å². The second-order valence-electron chi connectivity index (χ2n) is 3.30. The van der Waals surface area contributed by atoms with Crippen molar-refractivity contribution in [2.75, 3.05) is 18.2 Å². The van der Waals surface area contributed by atoms with Crippen LogP contribution in [-0.4, -0.2) is 17.1 Å². The number of aromatic nitrogens is 2. The van der Waals surface area contributed by atoms with Crippen molar-refractivity contribution in [1.82, 2.24) is 9.97 Å². The molecule has 1 aromatic carbocycles. The zero-order valence-electron chi connectivity index (χ0n) is 9.14. The van der Waals surface area contributed by atoms with E-state index in [1.165, 1.54) is 6.33 Å². The minimum absolute atomic E-state index is 0.405. The number of benzene rings is 1. The van der Waals surface area contributed by atoms with Gasteiger partial charge in [-0.2, -0.15) is 0 Å². The monoisotopic (exact) mass is 250 g/mol. The summed E-state index contributed by atoms with van der Waals surface area (Å²) in [6.45, 7) is 0. The summed E-state index contributed by atoms with van der Waals surface area (Å²) in [6.07, 6.45) is 1.39. The zero-order valence-corrected chi connectivity index (χ0v) is 9.90. The molecule has 0 aliphatic carbocycles. The minimum atomic E-state index is 0.405. The van der Waals surface area contributed by atoms with Crippen LogP contribution in [-0.2, 0) is 0 Å². The summed E-state index contributed by atoms with van der Waals surface area (Å²) in [5.41, 5.74) is 6.35. The molecule has 0 saturated heterocycles. The average molecular weight is 251 g/mol. The van der Waals surface area contributed by atoms with Gasteiger partial charge in [0, 0.05) is 11.8 Å². The largest absolute Gasteiger partial charge is 0.495 e. The molecule has 0 radical (unpaired) electrons. The van der Waals surface area contributed by atoms with Crippen molar-refractivity contribution < 1.29 is 4.74 Å². The molecule has 2 rings (SSSR count). The van der Waals surface area contributed by atoms with Crippen molar-refractivity contribution in [3.8, 4) is 5.75 Å². The van der Waals surface area contributed by atoms with Crippen LogP contribution in [0.1, 0.15) is 0 Å². The first-order valence-corrected chi connectivity index (χ1v) is 5.25. The number of nitrogens with one attached hydrogen (secondary N) is 1. The van der Waals surface area contributed by atoms with Crippen molar-refractivity contribution in [1.29, 1.82) is 0 Å². The molecule has 3 N–H and O–H groups in total. The Balaban J connectivity index is 2.22. The van der Waals surface area contributed by atoms with Crippen molar-refractivity contribution in [2.24, 2.45) is 0 Å². The lowest BCUT2D eigenvalue weighted by atomic mass is 10.3. The summed E-state index contributed by atoms with van der Waals surface area (Å²) in [6, 6.07) is 7.00. The Morgan fingerprint density at radius 2 is 2.12 bits per heavy atom. The van der Waals surface area contributed by atoms with Crippen LogP contribution >= 0.6 is 11.6 Å². The number of anilines is 3. The molecule has 0 saturated carbocycles. The van der Waals surface area contributed by atoms with Gasteiger partial charge in [0.2, 0.25) is 0 Å². The second kappa shape index (κ2) is 4.88. The lowest BCUT2D eigenvalue weighted by Gasteiger charge is -2.08. The third-order valence-corrected chi connectivity index (χ3v) is 2.41. The van der Waals surface area contributed by atoms with E-state index in [9.17, 15) is 0 Å². The van der Waals surface area contributed by atoms with E-state index in [4.69, 9.17) is 22.1 Å². The number of nitrogen functional groups attached to an aromatic ring is 1. The third kappa shape index (κ3) is 2.76. The van der Waals surface area contributed by atoms with Crippen LogP contribution in [0.15, 0.2) is 30.6 Å². The maximum Gasteiger partial charge on any atom is 0.137 e. The van der Waals surface area contributed by atoms with E-state index in [1.807, 2.05) is 6.07 Å². The van der Waals surface area contributed by atoms with Crippen LogP contribution in [0.5, 0.6) is 5.75 Å². The molecule has 88 valence electrons. The van der Waals surface area contributed by atoms with Gasteiger partial charge in [0.25, 0.3) is 0 Å². The van der Waals surface area contributed by atoms with E-state index in [0.717, 1.165) is 5.69 Å². The lowest BCUT2D eigenvalue weighted by molar-refractivity contribution is 0.415. The number of methoxy groups -OCH3 is 1. The first-order chi connectivity index (χ1) is 8.19. The van der Waals surface area contributed by atoms with Crippen LogP contribution in [0.2, 0.25) is 5.02 Å². The summed E-state index contributed by atoms with van der Waals surface area (Å²) >= 11 is 6.00. The van der Waals surface area contributed by atoms with E-state index in [0.29, 0.717) is 22.4 Å². The summed E-state index contributed by atoms with van der Waals surface area (Å²) in [7, 11) is 1.57. The van der Waals surface area contributed by atoms with Gasteiger partial charge >= 0.3 is 0 Å². The van der Waals surface area contributed by atoms with Crippen molar-refractivity contribution in [3.05, 3.63) is 35.6 Å². The highest BCUT2D eigenvalue weighted by atomic mass is 35.5. The Morgan fingerprint density at radius 3 is 2.76 bits per heavy atom. The number of rotatable bonds is 3. The minimum Gasteiger partial charge on any atom is -0.495 e. The molecule has 0 atom stereocenters. The molecule has 0 aliphatic heterocycles. The van der Waals surface area contributed by atoms with Gasteiger partial charge in [0.1, 0.15) is 23.7 Å². The van der Waals surface area contributed by atoms with Gasteiger partial charge in [-0.3, -0.25) is 0 Å². The number of nitrogens with two attached hydrogens (primary N) is 1. The predicted octanol–water partition coefficient (Wildman–Crippen LogP) is 2.46. The zero-order chi connectivity index (χ0) is 12.3. The molecule has 6 heteroatoms. The summed E-state index contributed by atoms with van der Waals surface area (Å²) in [5.74, 6) is 1.64. The Bertz CT molecular complexity index is 533. The van der Waals surface area contributed by atoms with Crippen LogP contribution < -0.4 is 15.8 Å². The number of halogens is 1. The smallest absolute Gasteiger partial charge is 0.137 e. The van der Waals surface area contributed by atoms with Crippen molar-refractivity contribution in [3.63, 3.8) is 0 Å².